The zero-order valence-corrected chi connectivity index (χ0v) is 11.7. The lowest BCUT2D eigenvalue weighted by atomic mass is 10.0. The molecule has 1 saturated heterocycles. The largest absolute Gasteiger partial charge is 0.392 e. The molecule has 0 amide bonds. The number of hydrogen-bond acceptors (Lipinski definition) is 3. The van der Waals surface area contributed by atoms with Gasteiger partial charge in [0.2, 0.25) is 0 Å². The predicted molar refractivity (Wildman–Crippen MR) is 79.0 cm³/mol. The maximum atomic E-state index is 10.1. The third-order valence-corrected chi connectivity index (χ3v) is 5.98. The summed E-state index contributed by atoms with van der Waals surface area (Å²) in [5, 5.41) is 10.6. The van der Waals surface area contributed by atoms with Crippen LogP contribution >= 0.6 is 23.5 Å². The van der Waals surface area contributed by atoms with Crippen molar-refractivity contribution in [2.75, 3.05) is 17.3 Å². The maximum absolute atomic E-state index is 10.1. The maximum Gasteiger partial charge on any atom is 0.0666 e. The molecule has 1 aliphatic rings. The second-order valence-corrected chi connectivity index (χ2v) is 6.93. The molecule has 0 bridgehead atoms. The first-order valence-corrected chi connectivity index (χ1v) is 8.48. The average molecular weight is 268 g/mol. The van der Waals surface area contributed by atoms with E-state index in [0.717, 1.165) is 25.0 Å². The van der Waals surface area contributed by atoms with Crippen molar-refractivity contribution in [2.45, 2.75) is 30.6 Å². The monoisotopic (exact) mass is 268 g/mol. The first-order valence-electron chi connectivity index (χ1n) is 6.27. The number of benzene rings is 1. The van der Waals surface area contributed by atoms with Gasteiger partial charge in [-0.25, -0.2) is 0 Å². The smallest absolute Gasteiger partial charge is 0.0666 e. The van der Waals surface area contributed by atoms with Gasteiger partial charge in [0.05, 0.1) is 6.10 Å². The molecule has 1 aromatic carbocycles. The Morgan fingerprint density at radius 1 is 1.24 bits per heavy atom. The molecule has 1 N–H and O–H groups in total. The van der Waals surface area contributed by atoms with E-state index < -0.39 is 0 Å². The molecule has 2 unspecified atom stereocenters. The summed E-state index contributed by atoms with van der Waals surface area (Å²) in [6, 6.07) is 10.5. The summed E-state index contributed by atoms with van der Waals surface area (Å²) in [6.45, 7) is 0. The molecule has 17 heavy (non-hydrogen) atoms. The molecule has 1 nitrogen and oxygen atoms in total. The highest BCUT2D eigenvalue weighted by molar-refractivity contribution is 8.06. The second-order valence-electron chi connectivity index (χ2n) is 4.43. The molecule has 0 radical (unpaired) electrons. The molecule has 2 atom stereocenters. The Labute approximate surface area is 112 Å². The number of rotatable bonds is 5. The van der Waals surface area contributed by atoms with E-state index in [0.29, 0.717) is 5.25 Å². The van der Waals surface area contributed by atoms with Gasteiger partial charge in [0, 0.05) is 22.5 Å². The fourth-order valence-corrected chi connectivity index (χ4v) is 4.89. The molecule has 94 valence electrons. The van der Waals surface area contributed by atoms with Crippen molar-refractivity contribution < 1.29 is 5.11 Å². The lowest BCUT2D eigenvalue weighted by molar-refractivity contribution is 0.164. The van der Waals surface area contributed by atoms with Crippen LogP contribution in [0.25, 0.3) is 0 Å². The topological polar surface area (TPSA) is 20.2 Å². The standard InChI is InChI=1S/C14H20OS2/c15-13(14-11-16-9-10-17-14)8-4-7-12-5-2-1-3-6-12/h1-3,5-6,13-15H,4,7-11H2. The van der Waals surface area contributed by atoms with Crippen LogP contribution in [0.15, 0.2) is 30.3 Å². The van der Waals surface area contributed by atoms with E-state index in [-0.39, 0.29) is 6.10 Å². The van der Waals surface area contributed by atoms with Gasteiger partial charge in [-0.2, -0.15) is 23.5 Å². The summed E-state index contributed by atoms with van der Waals surface area (Å²) in [4.78, 5) is 0. The van der Waals surface area contributed by atoms with E-state index in [4.69, 9.17) is 0 Å². The number of aryl methyl sites for hydroxylation is 1. The molecule has 1 aliphatic heterocycles. The molecule has 0 spiro atoms. The van der Waals surface area contributed by atoms with Crippen LogP contribution in [0.3, 0.4) is 0 Å². The van der Waals surface area contributed by atoms with Gasteiger partial charge in [0.25, 0.3) is 0 Å². The summed E-state index contributed by atoms with van der Waals surface area (Å²) < 4.78 is 0. The highest BCUT2D eigenvalue weighted by Gasteiger charge is 2.21. The molecule has 0 aromatic heterocycles. The Hall–Kier alpha value is -0.120. The average Bonchev–Trinajstić information content (AvgIpc) is 2.41. The summed E-state index contributed by atoms with van der Waals surface area (Å²) in [7, 11) is 0. The van der Waals surface area contributed by atoms with Crippen molar-refractivity contribution in [1.82, 2.24) is 0 Å². The van der Waals surface area contributed by atoms with Crippen LogP contribution in [0, 0.1) is 0 Å². The Balaban J connectivity index is 1.67. The minimum absolute atomic E-state index is 0.114. The van der Waals surface area contributed by atoms with E-state index in [2.05, 4.69) is 24.3 Å². The van der Waals surface area contributed by atoms with Gasteiger partial charge in [0.1, 0.15) is 0 Å². The Morgan fingerprint density at radius 2 is 2.06 bits per heavy atom. The van der Waals surface area contributed by atoms with Crippen LogP contribution < -0.4 is 0 Å². The molecular formula is C14H20OS2. The van der Waals surface area contributed by atoms with Crippen LogP contribution in [0.2, 0.25) is 0 Å². The predicted octanol–water partition coefficient (Wildman–Crippen LogP) is 3.22. The SMILES string of the molecule is OC(CCCc1ccccc1)C1CSCCS1. The molecule has 1 aromatic rings. The van der Waals surface area contributed by atoms with Gasteiger partial charge < -0.3 is 5.11 Å². The first-order chi connectivity index (χ1) is 8.36. The van der Waals surface area contributed by atoms with Crippen LogP contribution in [0.1, 0.15) is 18.4 Å². The normalized spacial score (nSPS) is 22.3. The molecule has 3 heteroatoms. The van der Waals surface area contributed by atoms with E-state index in [1.165, 1.54) is 17.1 Å². The first kappa shape index (κ1) is 13.3. The van der Waals surface area contributed by atoms with Crippen molar-refractivity contribution in [2.24, 2.45) is 0 Å². The molecule has 1 fully saturated rings. The van der Waals surface area contributed by atoms with Crippen molar-refractivity contribution in [3.8, 4) is 0 Å². The van der Waals surface area contributed by atoms with E-state index in [9.17, 15) is 5.11 Å². The van der Waals surface area contributed by atoms with E-state index >= 15 is 0 Å². The fourth-order valence-electron chi connectivity index (χ4n) is 2.07. The van der Waals surface area contributed by atoms with Gasteiger partial charge in [-0.15, -0.1) is 0 Å². The van der Waals surface area contributed by atoms with Gasteiger partial charge in [0.15, 0.2) is 0 Å². The highest BCUT2D eigenvalue weighted by atomic mass is 32.2. The summed E-state index contributed by atoms with van der Waals surface area (Å²) in [5.41, 5.74) is 1.38. The minimum Gasteiger partial charge on any atom is -0.392 e. The summed E-state index contributed by atoms with van der Waals surface area (Å²) in [6.07, 6.45) is 3.00. The van der Waals surface area contributed by atoms with Crippen LogP contribution in [-0.2, 0) is 6.42 Å². The molecule has 1 heterocycles. The van der Waals surface area contributed by atoms with Crippen molar-refractivity contribution in [3.05, 3.63) is 35.9 Å². The van der Waals surface area contributed by atoms with Crippen LogP contribution in [-0.4, -0.2) is 33.7 Å². The summed E-state index contributed by atoms with van der Waals surface area (Å²) in [5.74, 6) is 3.57. The van der Waals surface area contributed by atoms with Crippen molar-refractivity contribution in [1.29, 1.82) is 0 Å². The minimum atomic E-state index is -0.114. The van der Waals surface area contributed by atoms with Crippen molar-refractivity contribution >= 4 is 23.5 Å². The fraction of sp³-hybridized carbons (Fsp3) is 0.571. The van der Waals surface area contributed by atoms with Gasteiger partial charge >= 0.3 is 0 Å². The third-order valence-electron chi connectivity index (χ3n) is 3.08. The molecule has 2 rings (SSSR count). The number of aliphatic hydroxyl groups is 1. The highest BCUT2D eigenvalue weighted by Crippen LogP contribution is 2.28. The van der Waals surface area contributed by atoms with Crippen molar-refractivity contribution in [3.63, 3.8) is 0 Å². The zero-order valence-electron chi connectivity index (χ0n) is 10.0. The van der Waals surface area contributed by atoms with Gasteiger partial charge in [-0.1, -0.05) is 30.3 Å². The van der Waals surface area contributed by atoms with E-state index in [1.54, 1.807) is 0 Å². The molecular weight excluding hydrogens is 248 g/mol. The summed E-state index contributed by atoms with van der Waals surface area (Å²) >= 11 is 3.93. The van der Waals surface area contributed by atoms with Crippen LogP contribution in [0.5, 0.6) is 0 Å². The third kappa shape index (κ3) is 4.57. The van der Waals surface area contributed by atoms with Crippen LogP contribution in [0.4, 0.5) is 0 Å². The lowest BCUT2D eigenvalue weighted by Crippen LogP contribution is -2.28. The molecule has 0 aliphatic carbocycles. The second kappa shape index (κ2) is 7.34. The Kier molecular flexibility index (Phi) is 5.75. The zero-order chi connectivity index (χ0) is 11.9. The Bertz CT molecular complexity index is 309. The quantitative estimate of drug-likeness (QED) is 0.885. The molecule has 0 saturated carbocycles. The number of aliphatic hydroxyl groups excluding tert-OH is 1. The van der Waals surface area contributed by atoms with Gasteiger partial charge in [-0.05, 0) is 24.8 Å². The Morgan fingerprint density at radius 3 is 2.76 bits per heavy atom. The lowest BCUT2D eigenvalue weighted by Gasteiger charge is -2.25. The number of thioether (sulfide) groups is 2. The van der Waals surface area contributed by atoms with Gasteiger partial charge in [-0.3, -0.25) is 0 Å². The van der Waals surface area contributed by atoms with E-state index in [1.807, 2.05) is 29.6 Å². The number of hydrogen-bond donors (Lipinski definition) is 1.